The van der Waals surface area contributed by atoms with Crippen LogP contribution in [-0.4, -0.2) is 27.5 Å². The van der Waals surface area contributed by atoms with E-state index in [-0.39, 0.29) is 6.04 Å². The van der Waals surface area contributed by atoms with Gasteiger partial charge in [-0.1, -0.05) is 30.3 Å². The normalized spacial score (nSPS) is 21.9. The number of nitrogens with one attached hydrogen (secondary N) is 2. The highest BCUT2D eigenvalue weighted by atomic mass is 32.2. The molecule has 0 saturated carbocycles. The van der Waals surface area contributed by atoms with Gasteiger partial charge in [0.05, 0.1) is 0 Å². The van der Waals surface area contributed by atoms with Crippen LogP contribution in [0.15, 0.2) is 35.7 Å². The average molecular weight is 294 g/mol. The van der Waals surface area contributed by atoms with Gasteiger partial charge in [0.2, 0.25) is 10.0 Å². The maximum Gasteiger partial charge on any atom is 0.233 e. The SMILES string of the molecule is CC(NS(=O)(=O)C=Cc1ccccc1)C1CCCNC1. The molecule has 0 radical (unpaired) electrons. The lowest BCUT2D eigenvalue weighted by Crippen LogP contribution is -2.43. The van der Waals surface area contributed by atoms with Crippen LogP contribution < -0.4 is 10.0 Å². The molecule has 1 saturated heterocycles. The molecule has 1 aliphatic rings. The van der Waals surface area contributed by atoms with Gasteiger partial charge < -0.3 is 5.32 Å². The van der Waals surface area contributed by atoms with Crippen molar-refractivity contribution in [2.45, 2.75) is 25.8 Å². The summed E-state index contributed by atoms with van der Waals surface area (Å²) in [5.41, 5.74) is 0.880. The molecule has 0 amide bonds. The molecule has 20 heavy (non-hydrogen) atoms. The minimum Gasteiger partial charge on any atom is -0.316 e. The van der Waals surface area contributed by atoms with Crippen molar-refractivity contribution >= 4 is 16.1 Å². The van der Waals surface area contributed by atoms with Crippen molar-refractivity contribution in [1.82, 2.24) is 10.0 Å². The molecule has 1 aliphatic heterocycles. The Balaban J connectivity index is 1.95. The fraction of sp³-hybridized carbons (Fsp3) is 0.467. The summed E-state index contributed by atoms with van der Waals surface area (Å²) >= 11 is 0. The van der Waals surface area contributed by atoms with E-state index < -0.39 is 10.0 Å². The molecule has 0 bridgehead atoms. The smallest absolute Gasteiger partial charge is 0.233 e. The Morgan fingerprint density at radius 1 is 1.35 bits per heavy atom. The lowest BCUT2D eigenvalue weighted by Gasteiger charge is -2.28. The van der Waals surface area contributed by atoms with Gasteiger partial charge in [0.25, 0.3) is 0 Å². The lowest BCUT2D eigenvalue weighted by molar-refractivity contribution is 0.321. The largest absolute Gasteiger partial charge is 0.316 e. The molecule has 2 N–H and O–H groups in total. The van der Waals surface area contributed by atoms with Gasteiger partial charge in [0.1, 0.15) is 0 Å². The van der Waals surface area contributed by atoms with Gasteiger partial charge in [0.15, 0.2) is 0 Å². The topological polar surface area (TPSA) is 58.2 Å². The van der Waals surface area contributed by atoms with Crippen LogP contribution in [-0.2, 0) is 10.0 Å². The summed E-state index contributed by atoms with van der Waals surface area (Å²) in [6.07, 6.45) is 3.80. The Morgan fingerprint density at radius 3 is 2.75 bits per heavy atom. The zero-order valence-electron chi connectivity index (χ0n) is 11.7. The molecular formula is C15H22N2O2S. The van der Waals surface area contributed by atoms with E-state index in [1.807, 2.05) is 37.3 Å². The number of sulfonamides is 1. The monoisotopic (exact) mass is 294 g/mol. The maximum atomic E-state index is 12.0. The standard InChI is InChI=1S/C15H22N2O2S/c1-13(15-8-5-10-16-12-15)17-20(18,19)11-9-14-6-3-2-4-7-14/h2-4,6-7,9,11,13,15-17H,5,8,10,12H2,1H3. The lowest BCUT2D eigenvalue weighted by atomic mass is 9.94. The predicted molar refractivity (Wildman–Crippen MR) is 82.6 cm³/mol. The van der Waals surface area contributed by atoms with Crippen LogP contribution in [0.2, 0.25) is 0 Å². The first kappa shape index (κ1) is 15.2. The molecular weight excluding hydrogens is 272 g/mol. The quantitative estimate of drug-likeness (QED) is 0.873. The summed E-state index contributed by atoms with van der Waals surface area (Å²) in [5.74, 6) is 0.364. The number of benzene rings is 1. The van der Waals surface area contributed by atoms with Crippen molar-refractivity contribution in [3.63, 3.8) is 0 Å². The molecule has 2 unspecified atom stereocenters. The van der Waals surface area contributed by atoms with E-state index in [1.165, 1.54) is 5.41 Å². The Labute approximate surface area is 121 Å². The van der Waals surface area contributed by atoms with Crippen LogP contribution in [0.4, 0.5) is 0 Å². The summed E-state index contributed by atoms with van der Waals surface area (Å²) in [5, 5.41) is 4.55. The zero-order valence-corrected chi connectivity index (χ0v) is 12.6. The molecule has 1 aromatic rings. The molecule has 1 heterocycles. The van der Waals surface area contributed by atoms with E-state index in [2.05, 4.69) is 10.0 Å². The molecule has 1 aromatic carbocycles. The highest BCUT2D eigenvalue weighted by Crippen LogP contribution is 2.15. The van der Waals surface area contributed by atoms with E-state index in [0.717, 1.165) is 31.5 Å². The second-order valence-electron chi connectivity index (χ2n) is 5.27. The van der Waals surface area contributed by atoms with Gasteiger partial charge in [-0.2, -0.15) is 0 Å². The third kappa shape index (κ3) is 4.74. The van der Waals surface area contributed by atoms with Crippen LogP contribution in [0.3, 0.4) is 0 Å². The first-order valence-electron chi connectivity index (χ1n) is 7.03. The maximum absolute atomic E-state index is 12.0. The highest BCUT2D eigenvalue weighted by Gasteiger charge is 2.22. The van der Waals surface area contributed by atoms with E-state index in [0.29, 0.717) is 5.92 Å². The van der Waals surface area contributed by atoms with Gasteiger partial charge >= 0.3 is 0 Å². The minimum atomic E-state index is -3.39. The molecule has 2 atom stereocenters. The van der Waals surface area contributed by atoms with Crippen molar-refractivity contribution in [3.05, 3.63) is 41.3 Å². The van der Waals surface area contributed by atoms with E-state index >= 15 is 0 Å². The summed E-state index contributed by atoms with van der Waals surface area (Å²) in [6.45, 7) is 3.85. The van der Waals surface area contributed by atoms with Crippen molar-refractivity contribution in [1.29, 1.82) is 0 Å². The van der Waals surface area contributed by atoms with E-state index in [4.69, 9.17) is 0 Å². The third-order valence-corrected chi connectivity index (χ3v) is 4.83. The predicted octanol–water partition coefficient (Wildman–Crippen LogP) is 1.96. The van der Waals surface area contributed by atoms with Crippen LogP contribution in [0.1, 0.15) is 25.3 Å². The van der Waals surface area contributed by atoms with Crippen LogP contribution in [0.25, 0.3) is 6.08 Å². The molecule has 0 aliphatic carbocycles. The molecule has 2 rings (SSSR count). The fourth-order valence-electron chi connectivity index (χ4n) is 2.43. The van der Waals surface area contributed by atoms with Gasteiger partial charge in [-0.3, -0.25) is 0 Å². The van der Waals surface area contributed by atoms with Gasteiger partial charge in [0, 0.05) is 11.4 Å². The Morgan fingerprint density at radius 2 is 2.10 bits per heavy atom. The van der Waals surface area contributed by atoms with E-state index in [1.54, 1.807) is 6.08 Å². The molecule has 5 heteroatoms. The number of hydrogen-bond acceptors (Lipinski definition) is 3. The number of piperidine rings is 1. The second kappa shape index (κ2) is 7.02. The zero-order chi connectivity index (χ0) is 14.4. The van der Waals surface area contributed by atoms with E-state index in [9.17, 15) is 8.42 Å². The molecule has 0 aromatic heterocycles. The second-order valence-corrected chi connectivity index (χ2v) is 6.87. The third-order valence-electron chi connectivity index (χ3n) is 3.63. The average Bonchev–Trinajstić information content (AvgIpc) is 2.47. The van der Waals surface area contributed by atoms with Gasteiger partial charge in [-0.25, -0.2) is 13.1 Å². The Kier molecular flexibility index (Phi) is 5.34. The molecule has 110 valence electrons. The van der Waals surface area contributed by atoms with Crippen LogP contribution in [0, 0.1) is 5.92 Å². The van der Waals surface area contributed by atoms with Gasteiger partial charge in [-0.15, -0.1) is 0 Å². The summed E-state index contributed by atoms with van der Waals surface area (Å²) in [6, 6.07) is 9.38. The number of hydrogen-bond donors (Lipinski definition) is 2. The van der Waals surface area contributed by atoms with Crippen molar-refractivity contribution in [3.8, 4) is 0 Å². The summed E-state index contributed by atoms with van der Waals surface area (Å²) in [7, 11) is -3.39. The fourth-order valence-corrected chi connectivity index (χ4v) is 3.56. The first-order valence-corrected chi connectivity index (χ1v) is 8.58. The molecule has 1 fully saturated rings. The summed E-state index contributed by atoms with van der Waals surface area (Å²) < 4.78 is 26.8. The van der Waals surface area contributed by atoms with Crippen LogP contribution in [0.5, 0.6) is 0 Å². The van der Waals surface area contributed by atoms with Crippen molar-refractivity contribution in [2.24, 2.45) is 5.92 Å². The highest BCUT2D eigenvalue weighted by molar-refractivity contribution is 7.92. The van der Waals surface area contributed by atoms with Crippen molar-refractivity contribution < 1.29 is 8.42 Å². The Bertz CT molecular complexity index is 534. The summed E-state index contributed by atoms with van der Waals surface area (Å²) in [4.78, 5) is 0. The minimum absolute atomic E-state index is 0.0479. The first-order chi connectivity index (χ1) is 9.57. The number of rotatable bonds is 5. The van der Waals surface area contributed by atoms with Crippen LogP contribution >= 0.6 is 0 Å². The Hall–Kier alpha value is -1.17. The molecule has 0 spiro atoms. The van der Waals surface area contributed by atoms with Crippen molar-refractivity contribution in [2.75, 3.05) is 13.1 Å². The van der Waals surface area contributed by atoms with Gasteiger partial charge in [-0.05, 0) is 50.4 Å². The molecule has 4 nitrogen and oxygen atoms in total.